The van der Waals surface area contributed by atoms with Gasteiger partial charge in [0.15, 0.2) is 0 Å². The Morgan fingerprint density at radius 1 is 1.12 bits per heavy atom. The fraction of sp³-hybridized carbons (Fsp3) is 0.500. The van der Waals surface area contributed by atoms with E-state index in [0.717, 1.165) is 36.6 Å². The number of rotatable bonds is 9. The highest BCUT2D eigenvalue weighted by Crippen LogP contribution is 2.34. The Hall–Kier alpha value is -2.51. The van der Waals surface area contributed by atoms with Gasteiger partial charge in [0, 0.05) is 0 Å². The van der Waals surface area contributed by atoms with Gasteiger partial charge >= 0.3 is 0 Å². The number of ether oxygens (including phenoxy) is 1. The molecular formula is C24H30N4O4S. The molecule has 1 aliphatic heterocycles. The van der Waals surface area contributed by atoms with Gasteiger partial charge in [-0.15, -0.1) is 0 Å². The van der Waals surface area contributed by atoms with Crippen LogP contribution in [0, 0.1) is 23.2 Å². The SMILES string of the molecule is N#C[C@H](C[C@@H]1CCNCOC1)NC(=O)[C@H](CC1CC1)NS(=O)(=O)c1ccc2ccccc2c1. The lowest BCUT2D eigenvalue weighted by molar-refractivity contribution is -0.123. The van der Waals surface area contributed by atoms with Crippen molar-refractivity contribution in [1.82, 2.24) is 15.4 Å². The number of amides is 1. The smallest absolute Gasteiger partial charge is 0.241 e. The summed E-state index contributed by atoms with van der Waals surface area (Å²) in [6, 6.07) is 13.0. The zero-order valence-corrected chi connectivity index (χ0v) is 19.3. The highest BCUT2D eigenvalue weighted by Gasteiger charge is 2.34. The van der Waals surface area contributed by atoms with Crippen LogP contribution in [0.15, 0.2) is 47.4 Å². The third-order valence-electron chi connectivity index (χ3n) is 6.24. The summed E-state index contributed by atoms with van der Waals surface area (Å²) >= 11 is 0. The summed E-state index contributed by atoms with van der Waals surface area (Å²) in [7, 11) is -3.91. The quantitative estimate of drug-likeness (QED) is 0.517. The second-order valence-corrected chi connectivity index (χ2v) is 10.7. The van der Waals surface area contributed by atoms with Gasteiger partial charge in [-0.1, -0.05) is 43.2 Å². The highest BCUT2D eigenvalue weighted by molar-refractivity contribution is 7.89. The molecule has 1 heterocycles. The number of carbonyl (C=O) groups is 1. The van der Waals surface area contributed by atoms with E-state index in [9.17, 15) is 18.5 Å². The Kier molecular flexibility index (Phi) is 7.60. The van der Waals surface area contributed by atoms with Crippen LogP contribution in [0.1, 0.15) is 32.1 Å². The second kappa shape index (κ2) is 10.6. The Bertz CT molecular complexity index is 1120. The summed E-state index contributed by atoms with van der Waals surface area (Å²) < 4.78 is 34.3. The van der Waals surface area contributed by atoms with Gasteiger partial charge in [-0.3, -0.25) is 10.1 Å². The minimum atomic E-state index is -3.91. The maximum atomic E-state index is 13.1. The number of carbonyl (C=O) groups excluding carboxylic acids is 1. The predicted molar refractivity (Wildman–Crippen MR) is 124 cm³/mol. The molecule has 176 valence electrons. The van der Waals surface area contributed by atoms with E-state index in [1.807, 2.05) is 24.3 Å². The number of fused-ring (bicyclic) bond motifs is 1. The van der Waals surface area contributed by atoms with Crippen molar-refractivity contribution in [2.24, 2.45) is 11.8 Å². The number of nitrogens with zero attached hydrogens (tertiary/aromatic N) is 1. The van der Waals surface area contributed by atoms with Crippen molar-refractivity contribution in [3.63, 3.8) is 0 Å². The van der Waals surface area contributed by atoms with E-state index in [1.54, 1.807) is 18.2 Å². The first-order chi connectivity index (χ1) is 15.9. The van der Waals surface area contributed by atoms with Crippen molar-refractivity contribution >= 4 is 26.7 Å². The van der Waals surface area contributed by atoms with Gasteiger partial charge in [0.2, 0.25) is 15.9 Å². The molecule has 33 heavy (non-hydrogen) atoms. The van der Waals surface area contributed by atoms with Crippen molar-refractivity contribution in [3.8, 4) is 6.07 Å². The van der Waals surface area contributed by atoms with E-state index in [4.69, 9.17) is 4.74 Å². The van der Waals surface area contributed by atoms with E-state index < -0.39 is 28.0 Å². The molecule has 0 radical (unpaired) electrons. The third kappa shape index (κ3) is 6.51. The van der Waals surface area contributed by atoms with Crippen LogP contribution < -0.4 is 15.4 Å². The Morgan fingerprint density at radius 3 is 2.67 bits per heavy atom. The lowest BCUT2D eigenvalue weighted by Gasteiger charge is -2.22. The third-order valence-corrected chi connectivity index (χ3v) is 7.71. The van der Waals surface area contributed by atoms with Gasteiger partial charge in [0.1, 0.15) is 12.1 Å². The first-order valence-electron chi connectivity index (χ1n) is 11.4. The molecule has 0 bridgehead atoms. The normalized spacial score (nSPS) is 21.0. The number of nitriles is 1. The molecule has 2 aromatic rings. The van der Waals surface area contributed by atoms with E-state index >= 15 is 0 Å². The summed E-state index contributed by atoms with van der Waals surface area (Å²) in [5.74, 6) is 0.0218. The summed E-state index contributed by atoms with van der Waals surface area (Å²) in [6.45, 7) is 1.81. The minimum absolute atomic E-state index is 0.120. The Labute approximate surface area is 194 Å². The number of nitrogens with one attached hydrogen (secondary N) is 3. The van der Waals surface area contributed by atoms with Crippen molar-refractivity contribution in [1.29, 1.82) is 5.26 Å². The molecule has 8 nitrogen and oxygen atoms in total. The lowest BCUT2D eigenvalue weighted by Crippen LogP contribution is -2.50. The van der Waals surface area contributed by atoms with Crippen LogP contribution in [-0.4, -0.2) is 46.3 Å². The molecule has 3 atom stereocenters. The molecule has 1 aliphatic carbocycles. The number of hydrogen-bond acceptors (Lipinski definition) is 6. The largest absolute Gasteiger partial charge is 0.366 e. The molecule has 1 saturated heterocycles. The maximum absolute atomic E-state index is 13.1. The molecule has 4 rings (SSSR count). The van der Waals surface area contributed by atoms with Crippen LogP contribution in [0.4, 0.5) is 0 Å². The molecule has 2 aromatic carbocycles. The zero-order chi connectivity index (χ0) is 23.3. The van der Waals surface area contributed by atoms with Crippen molar-refractivity contribution < 1.29 is 17.9 Å². The van der Waals surface area contributed by atoms with Gasteiger partial charge in [0.05, 0.1) is 24.3 Å². The average Bonchev–Trinajstić information content (AvgIpc) is 3.65. The number of sulfonamides is 1. The summed E-state index contributed by atoms with van der Waals surface area (Å²) in [5, 5.41) is 17.3. The summed E-state index contributed by atoms with van der Waals surface area (Å²) in [6.07, 6.45) is 3.71. The molecule has 0 spiro atoms. The van der Waals surface area contributed by atoms with Crippen LogP contribution >= 0.6 is 0 Å². The van der Waals surface area contributed by atoms with Crippen LogP contribution in [0.25, 0.3) is 10.8 Å². The summed E-state index contributed by atoms with van der Waals surface area (Å²) in [5.41, 5.74) is 0. The fourth-order valence-electron chi connectivity index (χ4n) is 4.18. The Morgan fingerprint density at radius 2 is 1.91 bits per heavy atom. The van der Waals surface area contributed by atoms with E-state index in [0.29, 0.717) is 32.1 Å². The second-order valence-electron chi connectivity index (χ2n) is 8.96. The molecule has 0 aromatic heterocycles. The first-order valence-corrected chi connectivity index (χ1v) is 12.9. The minimum Gasteiger partial charge on any atom is -0.366 e. The fourth-order valence-corrected chi connectivity index (χ4v) is 5.42. The molecular weight excluding hydrogens is 440 g/mol. The van der Waals surface area contributed by atoms with Gasteiger partial charge in [-0.05, 0) is 60.5 Å². The van der Waals surface area contributed by atoms with E-state index in [-0.39, 0.29) is 10.8 Å². The molecule has 1 amide bonds. The monoisotopic (exact) mass is 470 g/mol. The topological polar surface area (TPSA) is 120 Å². The van der Waals surface area contributed by atoms with Crippen LogP contribution in [-0.2, 0) is 19.6 Å². The summed E-state index contributed by atoms with van der Waals surface area (Å²) in [4.78, 5) is 13.2. The zero-order valence-electron chi connectivity index (χ0n) is 18.5. The van der Waals surface area contributed by atoms with Gasteiger partial charge in [-0.25, -0.2) is 8.42 Å². The molecule has 1 saturated carbocycles. The van der Waals surface area contributed by atoms with Crippen molar-refractivity contribution in [2.45, 2.75) is 49.1 Å². The van der Waals surface area contributed by atoms with E-state index in [2.05, 4.69) is 21.4 Å². The van der Waals surface area contributed by atoms with Gasteiger partial charge in [-0.2, -0.15) is 9.98 Å². The first kappa shape index (κ1) is 23.6. The lowest BCUT2D eigenvalue weighted by atomic mass is 9.97. The molecule has 2 fully saturated rings. The van der Waals surface area contributed by atoms with Crippen molar-refractivity contribution in [3.05, 3.63) is 42.5 Å². The molecule has 3 N–H and O–H groups in total. The number of benzene rings is 2. The predicted octanol–water partition coefficient (Wildman–Crippen LogP) is 2.27. The average molecular weight is 471 g/mol. The van der Waals surface area contributed by atoms with Crippen molar-refractivity contribution in [2.75, 3.05) is 19.9 Å². The van der Waals surface area contributed by atoms with Crippen LogP contribution in [0.2, 0.25) is 0 Å². The maximum Gasteiger partial charge on any atom is 0.241 e. The Balaban J connectivity index is 1.45. The highest BCUT2D eigenvalue weighted by atomic mass is 32.2. The van der Waals surface area contributed by atoms with Gasteiger partial charge < -0.3 is 10.1 Å². The molecule has 0 unspecified atom stereocenters. The standard InChI is InChI=1S/C24H30N4O4S/c25-14-21(11-18-9-10-26-16-32-15-18)27-24(29)23(12-17-5-6-17)28-33(30,31)22-8-7-19-3-1-2-4-20(19)13-22/h1-4,7-8,13,17-18,21,23,26,28H,5-6,9-12,15-16H2,(H,27,29)/t18-,21-,23-/m0/s1. The molecule has 9 heteroatoms. The van der Waals surface area contributed by atoms with Crippen LogP contribution in [0.3, 0.4) is 0 Å². The number of hydrogen-bond donors (Lipinski definition) is 3. The molecule has 2 aliphatic rings. The van der Waals surface area contributed by atoms with E-state index in [1.165, 1.54) is 0 Å². The van der Waals surface area contributed by atoms with Gasteiger partial charge in [0.25, 0.3) is 0 Å². The van der Waals surface area contributed by atoms with Crippen LogP contribution in [0.5, 0.6) is 0 Å².